The highest BCUT2D eigenvalue weighted by Gasteiger charge is 2.18. The summed E-state index contributed by atoms with van der Waals surface area (Å²) in [6.07, 6.45) is 0.0647. The Kier molecular flexibility index (Phi) is 5.87. The Morgan fingerprint density at radius 3 is 2.43 bits per heavy atom. The Balaban J connectivity index is 4.11. The number of likely N-dealkylation sites (N-methyl/N-ethyl adjacent to an activating group) is 2. The van der Waals surface area contributed by atoms with Gasteiger partial charge in [0.25, 0.3) is 0 Å². The van der Waals surface area contributed by atoms with Gasteiger partial charge in [-0.25, -0.2) is 0 Å². The van der Waals surface area contributed by atoms with E-state index in [4.69, 9.17) is 5.11 Å². The molecule has 0 rings (SSSR count). The topological polar surface area (TPSA) is 69.6 Å². The fraction of sp³-hybridized carbons (Fsp3) is 0.778. The number of aliphatic carboxylic acids is 1. The van der Waals surface area contributed by atoms with E-state index in [0.717, 1.165) is 0 Å². The van der Waals surface area contributed by atoms with E-state index in [2.05, 4.69) is 5.32 Å². The van der Waals surface area contributed by atoms with Gasteiger partial charge in [-0.15, -0.1) is 0 Å². The second-order valence-electron chi connectivity index (χ2n) is 3.06. The summed E-state index contributed by atoms with van der Waals surface area (Å²) in [7, 11) is 1.57. The average Bonchev–Trinajstić information content (AvgIpc) is 2.16. The zero-order valence-corrected chi connectivity index (χ0v) is 8.91. The zero-order valence-electron chi connectivity index (χ0n) is 8.91. The molecule has 0 spiro atoms. The maximum absolute atomic E-state index is 11.3. The molecule has 0 aromatic rings. The van der Waals surface area contributed by atoms with E-state index < -0.39 is 5.97 Å². The monoisotopic (exact) mass is 202 g/mol. The van der Waals surface area contributed by atoms with Crippen LogP contribution < -0.4 is 5.32 Å². The molecule has 0 aromatic heterocycles. The lowest BCUT2D eigenvalue weighted by atomic mass is 10.2. The molecule has 0 saturated heterocycles. The first-order valence-electron chi connectivity index (χ1n) is 4.70. The molecule has 5 nitrogen and oxygen atoms in total. The molecule has 1 atom stereocenters. The number of nitrogens with one attached hydrogen (secondary N) is 1. The Labute approximate surface area is 84.1 Å². The molecule has 0 fully saturated rings. The lowest BCUT2D eigenvalue weighted by Gasteiger charge is -2.25. The van der Waals surface area contributed by atoms with Crippen molar-refractivity contribution in [2.24, 2.45) is 0 Å². The quantitative estimate of drug-likeness (QED) is 0.632. The average molecular weight is 202 g/mol. The molecule has 0 aliphatic carbocycles. The van der Waals surface area contributed by atoms with Crippen LogP contribution in [0.4, 0.5) is 0 Å². The molecule has 2 N–H and O–H groups in total. The normalized spacial score (nSPS) is 12.6. The van der Waals surface area contributed by atoms with Crippen LogP contribution in [-0.4, -0.2) is 48.1 Å². The number of nitrogens with zero attached hydrogens (tertiary/aromatic N) is 1. The molecule has 0 saturated carbocycles. The summed E-state index contributed by atoms with van der Waals surface area (Å²) in [6, 6.07) is -0.274. The third-order valence-corrected chi connectivity index (χ3v) is 2.19. The lowest BCUT2D eigenvalue weighted by Crippen LogP contribution is -2.44. The van der Waals surface area contributed by atoms with E-state index in [0.29, 0.717) is 13.1 Å². The third kappa shape index (κ3) is 4.23. The number of carboxylic acids is 1. The minimum atomic E-state index is -0.840. The summed E-state index contributed by atoms with van der Waals surface area (Å²) in [4.78, 5) is 23.4. The summed E-state index contributed by atoms with van der Waals surface area (Å²) < 4.78 is 0. The Morgan fingerprint density at radius 1 is 1.50 bits per heavy atom. The highest BCUT2D eigenvalue weighted by molar-refractivity contribution is 5.81. The van der Waals surface area contributed by atoms with Crippen molar-refractivity contribution in [3.05, 3.63) is 0 Å². The van der Waals surface area contributed by atoms with Crippen LogP contribution in [0.5, 0.6) is 0 Å². The van der Waals surface area contributed by atoms with Gasteiger partial charge >= 0.3 is 5.97 Å². The summed E-state index contributed by atoms with van der Waals surface area (Å²) in [6.45, 7) is 4.74. The van der Waals surface area contributed by atoms with Gasteiger partial charge in [0.2, 0.25) is 5.91 Å². The van der Waals surface area contributed by atoms with Gasteiger partial charge in [-0.3, -0.25) is 14.5 Å². The van der Waals surface area contributed by atoms with Gasteiger partial charge in [-0.1, -0.05) is 6.92 Å². The van der Waals surface area contributed by atoms with Crippen LogP contribution in [-0.2, 0) is 9.59 Å². The van der Waals surface area contributed by atoms with E-state index >= 15 is 0 Å². The smallest absolute Gasteiger partial charge is 0.304 e. The molecule has 0 bridgehead atoms. The van der Waals surface area contributed by atoms with Crippen LogP contribution in [0.1, 0.15) is 20.3 Å². The SMILES string of the molecule is CCN(CCC(=O)O)C(C)C(=O)NC. The van der Waals surface area contributed by atoms with Gasteiger partial charge in [0.1, 0.15) is 0 Å². The fourth-order valence-electron chi connectivity index (χ4n) is 1.24. The van der Waals surface area contributed by atoms with E-state index in [1.165, 1.54) is 0 Å². The molecular formula is C9H18N2O3. The van der Waals surface area contributed by atoms with Gasteiger partial charge in [0, 0.05) is 13.6 Å². The number of carbonyl (C=O) groups excluding carboxylic acids is 1. The number of hydrogen-bond acceptors (Lipinski definition) is 3. The summed E-state index contributed by atoms with van der Waals surface area (Å²) in [5, 5.41) is 11.0. The second-order valence-corrected chi connectivity index (χ2v) is 3.06. The fourth-order valence-corrected chi connectivity index (χ4v) is 1.24. The lowest BCUT2D eigenvalue weighted by molar-refractivity contribution is -0.138. The van der Waals surface area contributed by atoms with Crippen molar-refractivity contribution in [1.29, 1.82) is 0 Å². The van der Waals surface area contributed by atoms with Gasteiger partial charge in [0.15, 0.2) is 0 Å². The zero-order chi connectivity index (χ0) is 11.1. The van der Waals surface area contributed by atoms with Crippen molar-refractivity contribution < 1.29 is 14.7 Å². The molecule has 1 amide bonds. The molecule has 0 radical (unpaired) electrons. The van der Waals surface area contributed by atoms with Gasteiger partial charge in [-0.2, -0.15) is 0 Å². The predicted molar refractivity (Wildman–Crippen MR) is 53.0 cm³/mol. The van der Waals surface area contributed by atoms with Crippen LogP contribution in [0.2, 0.25) is 0 Å². The Hall–Kier alpha value is -1.10. The van der Waals surface area contributed by atoms with Gasteiger partial charge < -0.3 is 10.4 Å². The van der Waals surface area contributed by atoms with Crippen molar-refractivity contribution in [2.45, 2.75) is 26.3 Å². The first-order valence-corrected chi connectivity index (χ1v) is 4.70. The van der Waals surface area contributed by atoms with Crippen LogP contribution >= 0.6 is 0 Å². The molecule has 5 heteroatoms. The second kappa shape index (κ2) is 6.37. The number of carbonyl (C=O) groups is 2. The van der Waals surface area contributed by atoms with Crippen molar-refractivity contribution in [2.75, 3.05) is 20.1 Å². The summed E-state index contributed by atoms with van der Waals surface area (Å²) >= 11 is 0. The van der Waals surface area contributed by atoms with E-state index in [-0.39, 0.29) is 18.4 Å². The predicted octanol–water partition coefficient (Wildman–Crippen LogP) is -0.0825. The Bertz CT molecular complexity index is 206. The maximum atomic E-state index is 11.3. The molecular weight excluding hydrogens is 184 g/mol. The van der Waals surface area contributed by atoms with Gasteiger partial charge in [-0.05, 0) is 13.5 Å². The molecule has 0 aromatic carbocycles. The van der Waals surface area contributed by atoms with Crippen molar-refractivity contribution in [3.63, 3.8) is 0 Å². The Morgan fingerprint density at radius 2 is 2.07 bits per heavy atom. The standard InChI is InChI=1S/C9H18N2O3/c1-4-11(6-5-8(12)13)7(2)9(14)10-3/h7H,4-6H2,1-3H3,(H,10,14)(H,12,13). The minimum absolute atomic E-state index is 0.0647. The van der Waals surface area contributed by atoms with Gasteiger partial charge in [0.05, 0.1) is 12.5 Å². The maximum Gasteiger partial charge on any atom is 0.304 e. The number of hydrogen-bond donors (Lipinski definition) is 2. The minimum Gasteiger partial charge on any atom is -0.481 e. The van der Waals surface area contributed by atoms with Crippen molar-refractivity contribution in [3.8, 4) is 0 Å². The number of rotatable bonds is 6. The first-order chi connectivity index (χ1) is 6.52. The number of carboxylic acid groups (broad SMARTS) is 1. The molecule has 82 valence electrons. The van der Waals surface area contributed by atoms with Crippen molar-refractivity contribution in [1.82, 2.24) is 10.2 Å². The van der Waals surface area contributed by atoms with E-state index in [1.54, 1.807) is 14.0 Å². The van der Waals surface area contributed by atoms with Crippen LogP contribution in [0.25, 0.3) is 0 Å². The molecule has 14 heavy (non-hydrogen) atoms. The summed E-state index contributed by atoms with van der Waals surface area (Å²) in [5.74, 6) is -0.926. The molecule has 0 aliphatic rings. The van der Waals surface area contributed by atoms with Crippen LogP contribution in [0, 0.1) is 0 Å². The van der Waals surface area contributed by atoms with Crippen LogP contribution in [0.15, 0.2) is 0 Å². The number of amides is 1. The molecule has 1 unspecified atom stereocenters. The highest BCUT2D eigenvalue weighted by Crippen LogP contribution is 2.00. The summed E-state index contributed by atoms with van der Waals surface area (Å²) in [5.41, 5.74) is 0. The highest BCUT2D eigenvalue weighted by atomic mass is 16.4. The molecule has 0 aliphatic heterocycles. The van der Waals surface area contributed by atoms with Crippen LogP contribution in [0.3, 0.4) is 0 Å². The van der Waals surface area contributed by atoms with Crippen molar-refractivity contribution >= 4 is 11.9 Å². The van der Waals surface area contributed by atoms with E-state index in [9.17, 15) is 9.59 Å². The largest absolute Gasteiger partial charge is 0.481 e. The molecule has 0 heterocycles. The van der Waals surface area contributed by atoms with E-state index in [1.807, 2.05) is 11.8 Å². The first kappa shape index (κ1) is 12.9. The third-order valence-electron chi connectivity index (χ3n) is 2.19.